The van der Waals surface area contributed by atoms with Crippen LogP contribution in [-0.4, -0.2) is 40.0 Å². The third-order valence-corrected chi connectivity index (χ3v) is 3.53. The van der Waals surface area contributed by atoms with Gasteiger partial charge in [-0.25, -0.2) is 0 Å². The van der Waals surface area contributed by atoms with Gasteiger partial charge in [-0.1, -0.05) is 30.9 Å². The Morgan fingerprint density at radius 1 is 1.32 bits per heavy atom. The number of nitrogens with one attached hydrogen (secondary N) is 2. The number of aryl methyl sites for hydroxylation is 1. The van der Waals surface area contributed by atoms with Crippen LogP contribution in [0.25, 0.3) is 0 Å². The zero-order valence-corrected chi connectivity index (χ0v) is 11.6. The van der Waals surface area contributed by atoms with E-state index in [1.165, 1.54) is 43.2 Å². The average molecular weight is 265 g/mol. The van der Waals surface area contributed by atoms with Crippen LogP contribution in [0.5, 0.6) is 0 Å². The summed E-state index contributed by atoms with van der Waals surface area (Å²) in [6.07, 6.45) is 9.51. The molecule has 6 heteroatoms. The molecular formula is C13H23N5O. The summed E-state index contributed by atoms with van der Waals surface area (Å²) in [5.74, 6) is -0.157. The van der Waals surface area contributed by atoms with E-state index in [9.17, 15) is 4.79 Å². The van der Waals surface area contributed by atoms with Gasteiger partial charge in [-0.3, -0.25) is 9.48 Å². The molecule has 1 aromatic rings. The smallest absolute Gasteiger partial charge is 0.273 e. The molecule has 1 fully saturated rings. The van der Waals surface area contributed by atoms with Gasteiger partial charge >= 0.3 is 0 Å². The molecule has 1 aliphatic rings. The van der Waals surface area contributed by atoms with Crippen LogP contribution in [0, 0.1) is 0 Å². The molecule has 0 unspecified atom stereocenters. The van der Waals surface area contributed by atoms with Crippen molar-refractivity contribution in [2.75, 3.05) is 13.1 Å². The third kappa shape index (κ3) is 4.63. The third-order valence-electron chi connectivity index (χ3n) is 3.53. The highest BCUT2D eigenvalue weighted by molar-refractivity contribution is 5.91. The van der Waals surface area contributed by atoms with Gasteiger partial charge in [0.1, 0.15) is 0 Å². The molecule has 1 amide bonds. The first-order chi connectivity index (χ1) is 9.25. The van der Waals surface area contributed by atoms with E-state index < -0.39 is 0 Å². The first kappa shape index (κ1) is 14.0. The van der Waals surface area contributed by atoms with Crippen molar-refractivity contribution >= 4 is 5.91 Å². The Kier molecular flexibility index (Phi) is 5.32. The van der Waals surface area contributed by atoms with Crippen LogP contribution in [-0.2, 0) is 7.05 Å². The van der Waals surface area contributed by atoms with Crippen LogP contribution < -0.4 is 10.6 Å². The van der Waals surface area contributed by atoms with Crippen LogP contribution in [0.15, 0.2) is 6.20 Å². The molecule has 0 atom stereocenters. The molecule has 106 valence electrons. The van der Waals surface area contributed by atoms with E-state index in [0.29, 0.717) is 18.3 Å². The Bertz CT molecular complexity index is 395. The summed E-state index contributed by atoms with van der Waals surface area (Å²) in [5.41, 5.74) is 0.372. The molecule has 2 N–H and O–H groups in total. The average Bonchev–Trinajstić information content (AvgIpc) is 2.68. The number of amides is 1. The number of aromatic nitrogens is 3. The fourth-order valence-corrected chi connectivity index (χ4v) is 2.48. The number of hydrogen-bond donors (Lipinski definition) is 2. The summed E-state index contributed by atoms with van der Waals surface area (Å²) in [4.78, 5) is 11.7. The highest BCUT2D eigenvalue weighted by Crippen LogP contribution is 2.16. The molecule has 0 saturated heterocycles. The van der Waals surface area contributed by atoms with Crippen molar-refractivity contribution in [2.24, 2.45) is 7.05 Å². The molecule has 0 aromatic carbocycles. The Balaban J connectivity index is 1.62. The van der Waals surface area contributed by atoms with E-state index in [1.807, 2.05) is 0 Å². The fraction of sp³-hybridized carbons (Fsp3) is 0.769. The standard InChI is InChI=1S/C13H23N5O/c1-18-10-12(16-17-18)13(19)15-9-8-14-11-6-4-2-3-5-7-11/h10-11,14H,2-9H2,1H3,(H,15,19). The zero-order valence-electron chi connectivity index (χ0n) is 11.6. The maximum Gasteiger partial charge on any atom is 0.273 e. The number of hydrogen-bond acceptors (Lipinski definition) is 4. The topological polar surface area (TPSA) is 71.8 Å². The van der Waals surface area contributed by atoms with Gasteiger partial charge in [0.25, 0.3) is 5.91 Å². The van der Waals surface area contributed by atoms with Crippen LogP contribution in [0.1, 0.15) is 49.0 Å². The molecule has 0 spiro atoms. The lowest BCUT2D eigenvalue weighted by Gasteiger charge is -2.16. The van der Waals surface area contributed by atoms with Crippen molar-refractivity contribution < 1.29 is 4.79 Å². The first-order valence-electron chi connectivity index (χ1n) is 7.13. The van der Waals surface area contributed by atoms with E-state index in [2.05, 4.69) is 20.9 Å². The van der Waals surface area contributed by atoms with Gasteiger partial charge in [0.2, 0.25) is 0 Å². The minimum absolute atomic E-state index is 0.157. The number of carbonyl (C=O) groups is 1. The number of carbonyl (C=O) groups excluding carboxylic acids is 1. The number of rotatable bonds is 5. The summed E-state index contributed by atoms with van der Waals surface area (Å²) in [6.45, 7) is 1.45. The van der Waals surface area contributed by atoms with Crippen LogP contribution in [0.3, 0.4) is 0 Å². The molecule has 6 nitrogen and oxygen atoms in total. The predicted octanol–water partition coefficient (Wildman–Crippen LogP) is 0.857. The van der Waals surface area contributed by atoms with E-state index >= 15 is 0 Å². The van der Waals surface area contributed by atoms with Crippen molar-refractivity contribution in [1.29, 1.82) is 0 Å². The van der Waals surface area contributed by atoms with Crippen LogP contribution in [0.2, 0.25) is 0 Å². The highest BCUT2D eigenvalue weighted by atomic mass is 16.2. The Hall–Kier alpha value is -1.43. The van der Waals surface area contributed by atoms with Crippen LogP contribution in [0.4, 0.5) is 0 Å². The molecule has 2 rings (SSSR count). The molecular weight excluding hydrogens is 242 g/mol. The maximum absolute atomic E-state index is 11.7. The molecule has 1 saturated carbocycles. The lowest BCUT2D eigenvalue weighted by Crippen LogP contribution is -2.37. The minimum Gasteiger partial charge on any atom is -0.349 e. The van der Waals surface area contributed by atoms with Crippen molar-refractivity contribution in [1.82, 2.24) is 25.6 Å². The summed E-state index contributed by atoms with van der Waals surface area (Å²) in [5, 5.41) is 13.9. The zero-order chi connectivity index (χ0) is 13.5. The largest absolute Gasteiger partial charge is 0.349 e. The normalized spacial score (nSPS) is 17.1. The lowest BCUT2D eigenvalue weighted by molar-refractivity contribution is 0.0948. The van der Waals surface area contributed by atoms with Gasteiger partial charge in [-0.15, -0.1) is 5.10 Å². The van der Waals surface area contributed by atoms with Crippen molar-refractivity contribution in [3.63, 3.8) is 0 Å². The Morgan fingerprint density at radius 3 is 2.68 bits per heavy atom. The maximum atomic E-state index is 11.7. The molecule has 1 aromatic heterocycles. The van der Waals surface area contributed by atoms with E-state index in [4.69, 9.17) is 0 Å². The molecule has 19 heavy (non-hydrogen) atoms. The van der Waals surface area contributed by atoms with Gasteiger partial charge in [-0.05, 0) is 12.8 Å². The van der Waals surface area contributed by atoms with E-state index in [1.54, 1.807) is 13.2 Å². The van der Waals surface area contributed by atoms with Gasteiger partial charge in [0, 0.05) is 26.2 Å². The van der Waals surface area contributed by atoms with Gasteiger partial charge in [0.15, 0.2) is 5.69 Å². The van der Waals surface area contributed by atoms with Crippen molar-refractivity contribution in [3.05, 3.63) is 11.9 Å². The van der Waals surface area contributed by atoms with Crippen LogP contribution >= 0.6 is 0 Å². The first-order valence-corrected chi connectivity index (χ1v) is 7.13. The molecule has 1 aliphatic carbocycles. The quantitative estimate of drug-likeness (QED) is 0.612. The van der Waals surface area contributed by atoms with Gasteiger partial charge in [0.05, 0.1) is 6.20 Å². The Morgan fingerprint density at radius 2 is 2.05 bits per heavy atom. The number of nitrogens with zero attached hydrogens (tertiary/aromatic N) is 3. The summed E-state index contributed by atoms with van der Waals surface area (Å²) >= 11 is 0. The molecule has 1 heterocycles. The SMILES string of the molecule is Cn1cc(C(=O)NCCNC2CCCCCC2)nn1. The van der Waals surface area contributed by atoms with E-state index in [-0.39, 0.29) is 5.91 Å². The minimum atomic E-state index is -0.157. The van der Waals surface area contributed by atoms with E-state index in [0.717, 1.165) is 6.54 Å². The predicted molar refractivity (Wildman–Crippen MR) is 72.8 cm³/mol. The van der Waals surface area contributed by atoms with Gasteiger partial charge in [-0.2, -0.15) is 0 Å². The Labute approximate surface area is 113 Å². The summed E-state index contributed by atoms with van der Waals surface area (Å²) in [7, 11) is 1.75. The second-order valence-corrected chi connectivity index (χ2v) is 5.18. The molecule has 0 aliphatic heterocycles. The fourth-order valence-electron chi connectivity index (χ4n) is 2.48. The molecule has 0 bridgehead atoms. The highest BCUT2D eigenvalue weighted by Gasteiger charge is 2.12. The van der Waals surface area contributed by atoms with Crippen molar-refractivity contribution in [3.8, 4) is 0 Å². The monoisotopic (exact) mass is 265 g/mol. The van der Waals surface area contributed by atoms with Crippen molar-refractivity contribution in [2.45, 2.75) is 44.6 Å². The molecule has 0 radical (unpaired) electrons. The lowest BCUT2D eigenvalue weighted by atomic mass is 10.1. The summed E-state index contributed by atoms with van der Waals surface area (Å²) in [6, 6.07) is 0.621. The second-order valence-electron chi connectivity index (χ2n) is 5.18. The van der Waals surface area contributed by atoms with Gasteiger partial charge < -0.3 is 10.6 Å². The second kappa shape index (κ2) is 7.23. The summed E-state index contributed by atoms with van der Waals surface area (Å²) < 4.78 is 1.53.